The van der Waals surface area contributed by atoms with Crippen molar-refractivity contribution in [2.75, 3.05) is 6.54 Å². The first-order valence-corrected chi connectivity index (χ1v) is 8.71. The van der Waals surface area contributed by atoms with Crippen LogP contribution in [0, 0.1) is 11.8 Å². The highest BCUT2D eigenvalue weighted by Crippen LogP contribution is 2.25. The van der Waals surface area contributed by atoms with Crippen LogP contribution in [0.4, 0.5) is 0 Å². The number of likely N-dealkylation sites (tertiary alicyclic amines) is 1. The van der Waals surface area contributed by atoms with Crippen LogP contribution < -0.4 is 5.32 Å². The van der Waals surface area contributed by atoms with Gasteiger partial charge in [-0.2, -0.15) is 0 Å². The van der Waals surface area contributed by atoms with Gasteiger partial charge >= 0.3 is 5.97 Å². The molecule has 6 nitrogen and oxygen atoms in total. The van der Waals surface area contributed by atoms with Crippen LogP contribution >= 0.6 is 0 Å². The third-order valence-electron chi connectivity index (χ3n) is 4.88. The van der Waals surface area contributed by atoms with Gasteiger partial charge in [0, 0.05) is 19.0 Å². The second-order valence-corrected chi connectivity index (χ2v) is 7.24. The van der Waals surface area contributed by atoms with Crippen LogP contribution in [0.3, 0.4) is 0 Å². The molecule has 1 aliphatic carbocycles. The van der Waals surface area contributed by atoms with E-state index in [4.69, 9.17) is 5.11 Å². The second-order valence-electron chi connectivity index (χ2n) is 7.24. The van der Waals surface area contributed by atoms with Gasteiger partial charge in [-0.25, -0.2) is 0 Å². The Kier molecular flexibility index (Phi) is 6.02. The molecule has 0 unspecified atom stereocenters. The molecule has 0 bridgehead atoms. The molecule has 1 heterocycles. The third-order valence-corrected chi connectivity index (χ3v) is 4.88. The number of hydrogen-bond donors (Lipinski definition) is 2. The molecule has 1 aliphatic heterocycles. The fraction of sp³-hybridized carbons (Fsp3) is 0.824. The Hall–Kier alpha value is -1.59. The van der Waals surface area contributed by atoms with Gasteiger partial charge in [-0.3, -0.25) is 14.4 Å². The van der Waals surface area contributed by atoms with Gasteiger partial charge in [0.2, 0.25) is 11.8 Å². The molecule has 23 heavy (non-hydrogen) atoms. The summed E-state index contributed by atoms with van der Waals surface area (Å²) in [5, 5.41) is 12.0. The lowest BCUT2D eigenvalue weighted by Crippen LogP contribution is -2.49. The number of nitrogens with zero attached hydrogens (tertiary/aromatic N) is 1. The van der Waals surface area contributed by atoms with Crippen LogP contribution in [-0.2, 0) is 14.4 Å². The minimum absolute atomic E-state index is 0.0424. The molecule has 0 aromatic carbocycles. The number of carbonyl (C=O) groups is 3. The number of nitrogens with one attached hydrogen (secondary N) is 1. The van der Waals surface area contributed by atoms with Crippen molar-refractivity contribution in [3.63, 3.8) is 0 Å². The fourth-order valence-corrected chi connectivity index (χ4v) is 3.59. The summed E-state index contributed by atoms with van der Waals surface area (Å²) in [6, 6.07) is -0.306. The molecule has 0 radical (unpaired) electrons. The molecule has 2 amide bonds. The maximum absolute atomic E-state index is 12.5. The molecule has 1 atom stereocenters. The quantitative estimate of drug-likeness (QED) is 0.807. The number of hydrogen-bond acceptors (Lipinski definition) is 3. The Morgan fingerprint density at radius 2 is 1.78 bits per heavy atom. The first-order chi connectivity index (χ1) is 10.9. The molecule has 0 aromatic rings. The van der Waals surface area contributed by atoms with Gasteiger partial charge in [0.25, 0.3) is 0 Å². The SMILES string of the molecule is CC(C)CC(=O)N1CCC[C@H]1C(=O)NC1CCC(C(=O)O)CC1. The first kappa shape index (κ1) is 17.8. The average Bonchev–Trinajstić information content (AvgIpc) is 2.96. The minimum atomic E-state index is -0.740. The van der Waals surface area contributed by atoms with Gasteiger partial charge in [0.15, 0.2) is 0 Å². The number of rotatable bonds is 5. The van der Waals surface area contributed by atoms with Crippen molar-refractivity contribution in [1.29, 1.82) is 0 Å². The normalized spacial score (nSPS) is 28.0. The van der Waals surface area contributed by atoms with E-state index in [2.05, 4.69) is 5.32 Å². The lowest BCUT2D eigenvalue weighted by molar-refractivity contribution is -0.143. The molecule has 2 N–H and O–H groups in total. The van der Waals surface area contributed by atoms with Crippen LogP contribution in [0.5, 0.6) is 0 Å². The van der Waals surface area contributed by atoms with Crippen molar-refractivity contribution in [1.82, 2.24) is 10.2 Å². The molecule has 2 aliphatic rings. The minimum Gasteiger partial charge on any atom is -0.481 e. The number of amides is 2. The van der Waals surface area contributed by atoms with Gasteiger partial charge in [-0.1, -0.05) is 13.8 Å². The molecule has 6 heteroatoms. The zero-order valence-corrected chi connectivity index (χ0v) is 14.1. The van der Waals surface area contributed by atoms with E-state index in [0.29, 0.717) is 38.6 Å². The van der Waals surface area contributed by atoms with Crippen LogP contribution in [-0.4, -0.2) is 46.4 Å². The third kappa shape index (κ3) is 4.69. The van der Waals surface area contributed by atoms with Crippen LogP contribution in [0.2, 0.25) is 0 Å². The highest BCUT2D eigenvalue weighted by molar-refractivity contribution is 5.88. The smallest absolute Gasteiger partial charge is 0.306 e. The van der Waals surface area contributed by atoms with Crippen LogP contribution in [0.15, 0.2) is 0 Å². The van der Waals surface area contributed by atoms with E-state index in [9.17, 15) is 14.4 Å². The predicted octanol–water partition coefficient (Wildman–Crippen LogP) is 1.78. The molecule has 1 saturated carbocycles. The van der Waals surface area contributed by atoms with E-state index in [0.717, 1.165) is 12.8 Å². The summed E-state index contributed by atoms with van der Waals surface area (Å²) in [6.45, 7) is 4.67. The van der Waals surface area contributed by atoms with E-state index in [1.807, 2.05) is 13.8 Å². The lowest BCUT2D eigenvalue weighted by Gasteiger charge is -2.30. The Balaban J connectivity index is 1.85. The number of aliphatic carboxylic acids is 1. The van der Waals surface area contributed by atoms with E-state index in [-0.39, 0.29) is 35.7 Å². The summed E-state index contributed by atoms with van der Waals surface area (Å²) < 4.78 is 0. The zero-order valence-electron chi connectivity index (χ0n) is 14.1. The molecule has 2 rings (SSSR count). The Morgan fingerprint density at radius 1 is 1.13 bits per heavy atom. The van der Waals surface area contributed by atoms with Crippen LogP contribution in [0.1, 0.15) is 58.8 Å². The average molecular weight is 324 g/mol. The second kappa shape index (κ2) is 7.79. The van der Waals surface area contributed by atoms with E-state index < -0.39 is 5.97 Å². The number of carboxylic acids is 1. The highest BCUT2D eigenvalue weighted by atomic mass is 16.4. The number of carboxylic acid groups (broad SMARTS) is 1. The molecular formula is C17H28N2O4. The predicted molar refractivity (Wildman–Crippen MR) is 85.7 cm³/mol. The van der Waals surface area contributed by atoms with Gasteiger partial charge in [0.1, 0.15) is 6.04 Å². The first-order valence-electron chi connectivity index (χ1n) is 8.71. The summed E-state index contributed by atoms with van der Waals surface area (Å²) in [6.07, 6.45) is 4.70. The van der Waals surface area contributed by atoms with Crippen molar-refractivity contribution in [3.05, 3.63) is 0 Å². The van der Waals surface area contributed by atoms with E-state index in [1.54, 1.807) is 4.90 Å². The maximum atomic E-state index is 12.5. The molecule has 2 fully saturated rings. The number of carbonyl (C=O) groups excluding carboxylic acids is 2. The van der Waals surface area contributed by atoms with Crippen molar-refractivity contribution >= 4 is 17.8 Å². The van der Waals surface area contributed by atoms with Crippen molar-refractivity contribution in [2.24, 2.45) is 11.8 Å². The van der Waals surface area contributed by atoms with Crippen molar-refractivity contribution < 1.29 is 19.5 Å². The highest BCUT2D eigenvalue weighted by Gasteiger charge is 2.35. The van der Waals surface area contributed by atoms with Gasteiger partial charge in [0.05, 0.1) is 5.92 Å². The van der Waals surface area contributed by atoms with Crippen molar-refractivity contribution in [2.45, 2.75) is 70.9 Å². The lowest BCUT2D eigenvalue weighted by atomic mass is 9.86. The molecule has 130 valence electrons. The van der Waals surface area contributed by atoms with Crippen molar-refractivity contribution in [3.8, 4) is 0 Å². The summed E-state index contributed by atoms with van der Waals surface area (Å²) in [7, 11) is 0. The Bertz CT molecular complexity index is 456. The maximum Gasteiger partial charge on any atom is 0.306 e. The van der Waals surface area contributed by atoms with Gasteiger partial charge < -0.3 is 15.3 Å². The molecule has 1 saturated heterocycles. The standard InChI is InChI=1S/C17H28N2O4/c1-11(2)10-15(20)19-9-3-4-14(19)16(21)18-13-7-5-12(6-8-13)17(22)23/h11-14H,3-10H2,1-2H3,(H,18,21)(H,22,23)/t12?,13?,14-/m0/s1. The van der Waals surface area contributed by atoms with E-state index >= 15 is 0 Å². The largest absolute Gasteiger partial charge is 0.481 e. The summed E-state index contributed by atoms with van der Waals surface area (Å²) in [5.41, 5.74) is 0. The van der Waals surface area contributed by atoms with Gasteiger partial charge in [-0.05, 0) is 44.4 Å². The fourth-order valence-electron chi connectivity index (χ4n) is 3.59. The summed E-state index contributed by atoms with van der Waals surface area (Å²) >= 11 is 0. The summed E-state index contributed by atoms with van der Waals surface area (Å²) in [4.78, 5) is 37.5. The molecular weight excluding hydrogens is 296 g/mol. The monoisotopic (exact) mass is 324 g/mol. The Morgan fingerprint density at radius 3 is 2.35 bits per heavy atom. The Labute approximate surface area is 137 Å². The topological polar surface area (TPSA) is 86.7 Å². The summed E-state index contributed by atoms with van der Waals surface area (Å²) in [5.74, 6) is -0.737. The molecule has 0 aromatic heterocycles. The van der Waals surface area contributed by atoms with Gasteiger partial charge in [-0.15, -0.1) is 0 Å². The zero-order chi connectivity index (χ0) is 17.0. The van der Waals surface area contributed by atoms with Crippen LogP contribution in [0.25, 0.3) is 0 Å². The molecule has 0 spiro atoms. The van der Waals surface area contributed by atoms with E-state index in [1.165, 1.54) is 0 Å².